The van der Waals surface area contributed by atoms with E-state index in [1.807, 2.05) is 4.90 Å². The Morgan fingerprint density at radius 2 is 2.13 bits per heavy atom. The van der Waals surface area contributed by atoms with Gasteiger partial charge in [0.2, 0.25) is 5.91 Å². The van der Waals surface area contributed by atoms with Crippen LogP contribution in [0.25, 0.3) is 0 Å². The van der Waals surface area contributed by atoms with Crippen LogP contribution in [0.4, 0.5) is 10.1 Å². The lowest BCUT2D eigenvalue weighted by Gasteiger charge is -2.33. The van der Waals surface area contributed by atoms with E-state index in [-0.39, 0.29) is 29.7 Å². The van der Waals surface area contributed by atoms with Gasteiger partial charge in [-0.3, -0.25) is 24.8 Å². The first-order valence-corrected chi connectivity index (χ1v) is 9.61. The van der Waals surface area contributed by atoms with Gasteiger partial charge in [0.1, 0.15) is 5.75 Å². The molecule has 1 fully saturated rings. The van der Waals surface area contributed by atoms with E-state index in [1.54, 1.807) is 0 Å². The van der Waals surface area contributed by atoms with Gasteiger partial charge in [-0.25, -0.2) is 4.39 Å². The van der Waals surface area contributed by atoms with E-state index in [2.05, 4.69) is 16.8 Å². The fraction of sp³-hybridized carbons (Fsp3) is 0.333. The molecule has 1 atom stereocenters. The Morgan fingerprint density at radius 3 is 2.77 bits per heavy atom. The quantitative estimate of drug-likeness (QED) is 0.408. The summed E-state index contributed by atoms with van der Waals surface area (Å²) in [4.78, 5) is 27.8. The molecule has 10 heteroatoms. The molecule has 31 heavy (non-hydrogen) atoms. The van der Waals surface area contributed by atoms with Crippen molar-refractivity contribution >= 4 is 11.6 Å². The number of rotatable bonds is 6. The molecule has 162 valence electrons. The first-order chi connectivity index (χ1) is 14.8. The summed E-state index contributed by atoms with van der Waals surface area (Å²) in [7, 11) is 0. The predicted molar refractivity (Wildman–Crippen MR) is 109 cm³/mol. The zero-order chi connectivity index (χ0) is 22.4. The number of carbonyl (C=O) groups is 1. The maximum atomic E-state index is 14.2. The number of primary amides is 1. The summed E-state index contributed by atoms with van der Waals surface area (Å²) in [5.74, 6) is 4.40. The van der Waals surface area contributed by atoms with Crippen molar-refractivity contribution < 1.29 is 24.0 Å². The van der Waals surface area contributed by atoms with Gasteiger partial charge in [-0.15, -0.1) is 0 Å². The largest absolute Gasteiger partial charge is 0.453 e. The first kappa shape index (κ1) is 22.1. The summed E-state index contributed by atoms with van der Waals surface area (Å²) in [6.07, 6.45) is 3.81. The maximum absolute atomic E-state index is 14.2. The smallest absolute Gasteiger partial charge is 0.272 e. The first-order valence-electron chi connectivity index (χ1n) is 9.61. The molecule has 0 aliphatic carbocycles. The number of nitro groups is 1. The highest BCUT2D eigenvalue weighted by Crippen LogP contribution is 2.29. The number of aromatic nitrogens is 1. The van der Waals surface area contributed by atoms with Crippen molar-refractivity contribution in [2.24, 2.45) is 5.73 Å². The number of hydrogen-bond donors (Lipinski definition) is 2. The number of ether oxygens (including phenoxy) is 1. The molecule has 9 nitrogen and oxygen atoms in total. The van der Waals surface area contributed by atoms with Crippen LogP contribution in [0.2, 0.25) is 0 Å². The lowest BCUT2D eigenvalue weighted by Crippen LogP contribution is -2.48. The molecule has 2 heterocycles. The SMILES string of the molecule is NC(=O)C(CC#Cc1cnccc1Oc1ccc([N+](=O)[O-])cc1F)N1CCC(O)CC1. The van der Waals surface area contributed by atoms with Crippen LogP contribution < -0.4 is 10.5 Å². The summed E-state index contributed by atoms with van der Waals surface area (Å²) >= 11 is 0. The number of nitro benzene ring substituents is 1. The molecule has 1 aromatic carbocycles. The highest BCUT2D eigenvalue weighted by Gasteiger charge is 2.27. The Morgan fingerprint density at radius 1 is 1.39 bits per heavy atom. The number of piperidine rings is 1. The van der Waals surface area contributed by atoms with E-state index in [4.69, 9.17) is 10.5 Å². The maximum Gasteiger partial charge on any atom is 0.272 e. The van der Waals surface area contributed by atoms with E-state index in [1.165, 1.54) is 24.5 Å². The summed E-state index contributed by atoms with van der Waals surface area (Å²) in [5.41, 5.74) is 5.50. The van der Waals surface area contributed by atoms with Crippen LogP contribution in [0.15, 0.2) is 36.7 Å². The summed E-state index contributed by atoms with van der Waals surface area (Å²) in [5, 5.41) is 20.4. The topological polar surface area (TPSA) is 132 Å². The number of non-ortho nitro benzene ring substituents is 1. The van der Waals surface area contributed by atoms with Gasteiger partial charge in [-0.05, 0) is 18.9 Å². The number of pyridine rings is 1. The highest BCUT2D eigenvalue weighted by atomic mass is 19.1. The summed E-state index contributed by atoms with van der Waals surface area (Å²) in [6, 6.07) is 3.97. The van der Waals surface area contributed by atoms with Crippen molar-refractivity contribution in [2.75, 3.05) is 13.1 Å². The molecule has 1 aliphatic heterocycles. The Kier molecular flexibility index (Phi) is 7.12. The van der Waals surface area contributed by atoms with Gasteiger partial charge in [-0.2, -0.15) is 0 Å². The molecule has 3 N–H and O–H groups in total. The van der Waals surface area contributed by atoms with Crippen LogP contribution in [0.3, 0.4) is 0 Å². The average molecular weight is 428 g/mol. The van der Waals surface area contributed by atoms with Crippen LogP contribution in [-0.2, 0) is 4.79 Å². The second-order valence-corrected chi connectivity index (χ2v) is 7.04. The van der Waals surface area contributed by atoms with Gasteiger partial charge in [0.25, 0.3) is 5.69 Å². The lowest BCUT2D eigenvalue weighted by molar-refractivity contribution is -0.385. The number of aliphatic hydroxyl groups is 1. The number of amides is 1. The van der Waals surface area contributed by atoms with E-state index < -0.39 is 22.7 Å². The Hall–Kier alpha value is -3.55. The Bertz CT molecular complexity index is 1030. The van der Waals surface area contributed by atoms with Gasteiger partial charge in [0, 0.05) is 44.0 Å². The molecule has 0 spiro atoms. The highest BCUT2D eigenvalue weighted by molar-refractivity contribution is 5.80. The Labute approximate surface area is 177 Å². The monoisotopic (exact) mass is 428 g/mol. The van der Waals surface area contributed by atoms with Crippen LogP contribution in [0.5, 0.6) is 11.5 Å². The van der Waals surface area contributed by atoms with Gasteiger partial charge in [-0.1, -0.05) is 11.8 Å². The van der Waals surface area contributed by atoms with E-state index in [0.717, 1.165) is 12.1 Å². The lowest BCUT2D eigenvalue weighted by atomic mass is 10.0. The number of aliphatic hydroxyl groups excluding tert-OH is 1. The molecule has 1 unspecified atom stereocenters. The predicted octanol–water partition coefficient (Wildman–Crippen LogP) is 1.97. The molecular weight excluding hydrogens is 407 g/mol. The van der Waals surface area contributed by atoms with Crippen LogP contribution >= 0.6 is 0 Å². The number of nitrogens with two attached hydrogens (primary N) is 1. The van der Waals surface area contributed by atoms with Gasteiger partial charge in [0.15, 0.2) is 11.6 Å². The fourth-order valence-electron chi connectivity index (χ4n) is 3.22. The standard InChI is InChI=1S/C21H21FN4O5/c22-17-12-15(26(29)30)4-5-20(17)31-19-6-9-24-13-14(19)2-1-3-18(21(23)28)25-10-7-16(27)8-11-25/h4-6,9,12-13,16,18,27H,3,7-8,10-11H2,(H2,23,28). The van der Waals surface area contributed by atoms with Crippen molar-refractivity contribution in [1.82, 2.24) is 9.88 Å². The molecule has 1 aromatic heterocycles. The number of halogens is 1. The molecule has 3 rings (SSSR count). The van der Waals surface area contributed by atoms with Crippen LogP contribution in [0, 0.1) is 27.8 Å². The third-order valence-corrected chi connectivity index (χ3v) is 4.91. The molecule has 1 amide bonds. The Balaban J connectivity index is 1.74. The molecule has 0 radical (unpaired) electrons. The minimum absolute atomic E-state index is 0.172. The van der Waals surface area contributed by atoms with Crippen molar-refractivity contribution in [2.45, 2.75) is 31.4 Å². The van der Waals surface area contributed by atoms with Crippen molar-refractivity contribution in [3.63, 3.8) is 0 Å². The minimum atomic E-state index is -0.883. The summed E-state index contributed by atoms with van der Waals surface area (Å²) < 4.78 is 19.7. The van der Waals surface area contributed by atoms with Crippen LogP contribution in [-0.4, -0.2) is 51.1 Å². The minimum Gasteiger partial charge on any atom is -0.453 e. The van der Waals surface area contributed by atoms with Gasteiger partial charge in [0.05, 0.1) is 28.7 Å². The molecule has 0 bridgehead atoms. The van der Waals surface area contributed by atoms with Gasteiger partial charge < -0.3 is 15.6 Å². The third-order valence-electron chi connectivity index (χ3n) is 4.91. The van der Waals surface area contributed by atoms with Gasteiger partial charge >= 0.3 is 0 Å². The van der Waals surface area contributed by atoms with Crippen LogP contribution in [0.1, 0.15) is 24.8 Å². The van der Waals surface area contributed by atoms with E-state index >= 15 is 0 Å². The second-order valence-electron chi connectivity index (χ2n) is 7.04. The zero-order valence-electron chi connectivity index (χ0n) is 16.5. The van der Waals surface area contributed by atoms with Crippen molar-refractivity contribution in [3.8, 4) is 23.3 Å². The molecule has 1 saturated heterocycles. The van der Waals surface area contributed by atoms with E-state index in [0.29, 0.717) is 31.5 Å². The second kappa shape index (κ2) is 9.97. The van der Waals surface area contributed by atoms with Crippen molar-refractivity contribution in [1.29, 1.82) is 0 Å². The third kappa shape index (κ3) is 5.75. The van der Waals surface area contributed by atoms with Crippen molar-refractivity contribution in [3.05, 3.63) is 58.2 Å². The number of hydrogen-bond acceptors (Lipinski definition) is 7. The summed E-state index contributed by atoms with van der Waals surface area (Å²) in [6.45, 7) is 1.11. The zero-order valence-corrected chi connectivity index (χ0v) is 16.5. The molecular formula is C21H21FN4O5. The number of benzene rings is 1. The number of nitrogens with zero attached hydrogens (tertiary/aromatic N) is 3. The fourth-order valence-corrected chi connectivity index (χ4v) is 3.22. The van der Waals surface area contributed by atoms with E-state index in [9.17, 15) is 24.4 Å². The average Bonchev–Trinajstić information content (AvgIpc) is 2.74. The number of likely N-dealkylation sites (tertiary alicyclic amines) is 1. The number of carbonyl (C=O) groups excluding carboxylic acids is 1. The molecule has 0 saturated carbocycles. The molecule has 2 aromatic rings. The molecule has 1 aliphatic rings. The normalized spacial score (nSPS) is 15.5.